The van der Waals surface area contributed by atoms with Crippen LogP contribution in [0.2, 0.25) is 0 Å². The molecule has 0 aliphatic heterocycles. The molecule has 0 saturated heterocycles. The molecule has 0 radical (unpaired) electrons. The number of pyridine rings is 3. The average molecular weight is 559 g/mol. The molecule has 0 amide bonds. The van der Waals surface area contributed by atoms with Crippen molar-refractivity contribution in [2.24, 2.45) is 4.99 Å². The van der Waals surface area contributed by atoms with E-state index >= 15 is 0 Å². The first-order valence-corrected chi connectivity index (χ1v) is 14.1. The minimum atomic E-state index is 0.692. The summed E-state index contributed by atoms with van der Waals surface area (Å²) < 4.78 is 0. The second-order valence-corrected chi connectivity index (χ2v) is 10.1. The third-order valence-electron chi connectivity index (χ3n) is 7.19. The summed E-state index contributed by atoms with van der Waals surface area (Å²) in [6.07, 6.45) is 15.0. The molecule has 2 aromatic carbocycles. The smallest absolute Gasteiger partial charge is 0.126 e. The third kappa shape index (κ3) is 6.19. The lowest BCUT2D eigenvalue weighted by Gasteiger charge is -2.14. The van der Waals surface area contributed by atoms with Crippen LogP contribution in [0, 0.1) is 6.92 Å². The second kappa shape index (κ2) is 12.5. The summed E-state index contributed by atoms with van der Waals surface area (Å²) in [4.78, 5) is 27.1. The molecule has 0 bridgehead atoms. The highest BCUT2D eigenvalue weighted by atomic mass is 14.9. The summed E-state index contributed by atoms with van der Waals surface area (Å²) in [5.74, 6) is 0.692. The number of rotatable bonds is 7. The summed E-state index contributed by atoms with van der Waals surface area (Å²) in [6, 6.07) is 27.1. The molecule has 6 heteroatoms. The first kappa shape index (κ1) is 27.5. The van der Waals surface area contributed by atoms with Crippen molar-refractivity contribution in [2.75, 3.05) is 7.05 Å². The van der Waals surface area contributed by atoms with Crippen molar-refractivity contribution >= 4 is 11.8 Å². The van der Waals surface area contributed by atoms with Gasteiger partial charge in [-0.25, -0.2) is 9.97 Å². The Balaban J connectivity index is 1.53. The van der Waals surface area contributed by atoms with Gasteiger partial charge >= 0.3 is 0 Å². The fraction of sp³-hybridized carbons (Fsp3) is 0.0811. The molecule has 6 nitrogen and oxygen atoms in total. The number of benzene rings is 2. The number of hydrogen-bond donors (Lipinski definition) is 0. The molecule has 4 heterocycles. The Morgan fingerprint density at radius 1 is 0.581 bits per heavy atom. The van der Waals surface area contributed by atoms with E-state index in [0.29, 0.717) is 5.82 Å². The van der Waals surface area contributed by atoms with Crippen LogP contribution in [0.3, 0.4) is 0 Å². The van der Waals surface area contributed by atoms with E-state index in [0.717, 1.165) is 67.0 Å². The Kier molecular flexibility index (Phi) is 8.00. The van der Waals surface area contributed by atoms with Gasteiger partial charge in [0, 0.05) is 78.3 Å². The average Bonchev–Trinajstić information content (AvgIpc) is 3.07. The monoisotopic (exact) mass is 558 g/mol. The quantitative estimate of drug-likeness (QED) is 0.184. The van der Waals surface area contributed by atoms with Gasteiger partial charge in [-0.15, -0.1) is 0 Å². The summed E-state index contributed by atoms with van der Waals surface area (Å²) in [5.41, 5.74) is 12.0. The zero-order chi connectivity index (χ0) is 29.6. The lowest BCUT2D eigenvalue weighted by Crippen LogP contribution is -1.97. The molecule has 208 valence electrons. The molecule has 0 unspecified atom stereocenters. The zero-order valence-electron chi connectivity index (χ0n) is 24.3. The van der Waals surface area contributed by atoms with Crippen molar-refractivity contribution in [2.45, 2.75) is 13.8 Å². The zero-order valence-corrected chi connectivity index (χ0v) is 24.3. The first-order chi connectivity index (χ1) is 21.1. The SMILES string of the molecule is C/C=C(\C=N/C)c1cc(-c2cccnc2)cc(-c2cc(-c3cc(-c4cccnc4)cc(-c4cccnc4)c3)nc(C)n2)c1. The molecule has 0 aliphatic carbocycles. The van der Waals surface area contributed by atoms with E-state index in [1.165, 1.54) is 0 Å². The highest BCUT2D eigenvalue weighted by Crippen LogP contribution is 2.35. The van der Waals surface area contributed by atoms with Crippen LogP contribution in [0.1, 0.15) is 18.3 Å². The van der Waals surface area contributed by atoms with Crippen LogP contribution < -0.4 is 0 Å². The van der Waals surface area contributed by atoms with Crippen molar-refractivity contribution in [3.8, 4) is 55.9 Å². The standard InChI is InChI=1S/C37H30N6/c1-4-26(21-38-3)30-14-31(27-8-5-11-39-22-27)17-34(16-30)36-20-37(43-25(2)42-36)35-18-32(28-9-6-12-40-23-28)15-33(19-35)29-10-7-13-41-24-29/h4-24H,1-3H3/b26-4+,38-21-. The Morgan fingerprint density at radius 3 is 1.47 bits per heavy atom. The fourth-order valence-corrected chi connectivity index (χ4v) is 5.14. The van der Waals surface area contributed by atoms with Gasteiger partial charge in [0.2, 0.25) is 0 Å². The Hall–Kier alpha value is -5.62. The van der Waals surface area contributed by atoms with Crippen molar-refractivity contribution in [3.63, 3.8) is 0 Å². The highest BCUT2D eigenvalue weighted by molar-refractivity contribution is 6.10. The first-order valence-electron chi connectivity index (χ1n) is 14.1. The second-order valence-electron chi connectivity index (χ2n) is 10.1. The summed E-state index contributed by atoms with van der Waals surface area (Å²) in [5, 5.41) is 0. The van der Waals surface area contributed by atoms with Gasteiger partial charge in [-0.1, -0.05) is 24.3 Å². The largest absolute Gasteiger partial charge is 0.296 e. The van der Waals surface area contributed by atoms with Gasteiger partial charge < -0.3 is 0 Å². The van der Waals surface area contributed by atoms with Crippen LogP contribution >= 0.6 is 0 Å². The van der Waals surface area contributed by atoms with Crippen LogP contribution in [0.5, 0.6) is 0 Å². The normalized spacial score (nSPS) is 11.7. The molecule has 0 saturated carbocycles. The van der Waals surface area contributed by atoms with E-state index in [9.17, 15) is 0 Å². The molecule has 0 aliphatic rings. The van der Waals surface area contributed by atoms with Gasteiger partial charge in [0.05, 0.1) is 11.4 Å². The van der Waals surface area contributed by atoms with E-state index in [4.69, 9.17) is 9.97 Å². The van der Waals surface area contributed by atoms with Crippen molar-refractivity contribution in [1.82, 2.24) is 24.9 Å². The number of nitrogens with zero attached hydrogens (tertiary/aromatic N) is 6. The van der Waals surface area contributed by atoms with E-state index < -0.39 is 0 Å². The molecule has 0 spiro atoms. The lowest BCUT2D eigenvalue weighted by molar-refractivity contribution is 1.06. The van der Waals surface area contributed by atoms with Crippen molar-refractivity contribution in [3.05, 3.63) is 134 Å². The van der Waals surface area contributed by atoms with Gasteiger partial charge in [-0.3, -0.25) is 19.9 Å². The van der Waals surface area contributed by atoms with Gasteiger partial charge in [-0.05, 0) is 102 Å². The number of allylic oxidation sites excluding steroid dienone is 2. The fourth-order valence-electron chi connectivity index (χ4n) is 5.14. The maximum absolute atomic E-state index is 4.90. The number of aliphatic imine (C=N–C) groups is 1. The molecule has 0 fully saturated rings. The summed E-state index contributed by atoms with van der Waals surface area (Å²) in [6.45, 7) is 3.96. The van der Waals surface area contributed by atoms with Gasteiger partial charge in [-0.2, -0.15) is 0 Å². The highest BCUT2D eigenvalue weighted by Gasteiger charge is 2.14. The Labute approximate surface area is 251 Å². The van der Waals surface area contributed by atoms with E-state index in [1.54, 1.807) is 25.6 Å². The molecule has 6 rings (SSSR count). The van der Waals surface area contributed by atoms with Crippen LogP contribution in [-0.4, -0.2) is 38.2 Å². The minimum Gasteiger partial charge on any atom is -0.296 e. The van der Waals surface area contributed by atoms with Crippen molar-refractivity contribution < 1.29 is 0 Å². The van der Waals surface area contributed by atoms with Gasteiger partial charge in [0.25, 0.3) is 0 Å². The van der Waals surface area contributed by atoms with E-state index in [2.05, 4.69) is 86.7 Å². The predicted octanol–water partition coefficient (Wildman–Crippen LogP) is 8.41. The molecular formula is C37H30N6. The Morgan fingerprint density at radius 2 is 1.02 bits per heavy atom. The maximum Gasteiger partial charge on any atom is 0.126 e. The van der Waals surface area contributed by atoms with E-state index in [1.807, 2.05) is 56.9 Å². The number of hydrogen-bond acceptors (Lipinski definition) is 6. The Bertz CT molecular complexity index is 1870. The van der Waals surface area contributed by atoms with Crippen molar-refractivity contribution in [1.29, 1.82) is 0 Å². The topological polar surface area (TPSA) is 76.8 Å². The maximum atomic E-state index is 4.90. The van der Waals surface area contributed by atoms with Crippen LogP contribution in [-0.2, 0) is 0 Å². The number of aryl methyl sites for hydroxylation is 1. The van der Waals surface area contributed by atoms with Gasteiger partial charge in [0.1, 0.15) is 5.82 Å². The summed E-state index contributed by atoms with van der Waals surface area (Å²) in [7, 11) is 1.79. The van der Waals surface area contributed by atoms with Crippen LogP contribution in [0.25, 0.3) is 61.5 Å². The van der Waals surface area contributed by atoms with Gasteiger partial charge in [0.15, 0.2) is 0 Å². The van der Waals surface area contributed by atoms with E-state index in [-0.39, 0.29) is 0 Å². The number of aromatic nitrogens is 5. The summed E-state index contributed by atoms with van der Waals surface area (Å²) >= 11 is 0. The molecule has 43 heavy (non-hydrogen) atoms. The van der Waals surface area contributed by atoms with Crippen LogP contribution in [0.15, 0.2) is 127 Å². The van der Waals surface area contributed by atoms with Crippen LogP contribution in [0.4, 0.5) is 0 Å². The lowest BCUT2D eigenvalue weighted by atomic mass is 9.94. The minimum absolute atomic E-state index is 0.692. The predicted molar refractivity (Wildman–Crippen MR) is 175 cm³/mol. The molecule has 0 atom stereocenters. The molecule has 4 aromatic heterocycles. The molecule has 0 N–H and O–H groups in total. The molecule has 6 aromatic rings. The third-order valence-corrected chi connectivity index (χ3v) is 7.19. The molecular weight excluding hydrogens is 528 g/mol.